The summed E-state index contributed by atoms with van der Waals surface area (Å²) in [6, 6.07) is 3.60. The summed E-state index contributed by atoms with van der Waals surface area (Å²) in [6.45, 7) is 1.85. The van der Waals surface area contributed by atoms with Crippen LogP contribution in [0.5, 0.6) is 0 Å². The van der Waals surface area contributed by atoms with Gasteiger partial charge in [-0.3, -0.25) is 0 Å². The molecule has 0 amide bonds. The van der Waals surface area contributed by atoms with E-state index in [1.54, 1.807) is 6.07 Å². The number of nitrogens with one attached hydrogen (secondary N) is 1. The van der Waals surface area contributed by atoms with Crippen molar-refractivity contribution in [3.63, 3.8) is 0 Å². The smallest absolute Gasteiger partial charge is 0.144 e. The topological polar surface area (TPSA) is 37.0 Å². The van der Waals surface area contributed by atoms with E-state index in [4.69, 9.17) is 9.83 Å². The molecule has 2 heteroatoms. The first kappa shape index (κ1) is 5.09. The van der Waals surface area contributed by atoms with Crippen LogP contribution in [0.3, 0.4) is 0 Å². The molecule has 1 heterocycles. The van der Waals surface area contributed by atoms with Crippen molar-refractivity contribution in [1.29, 1.82) is 5.41 Å². The highest BCUT2D eigenvalue weighted by Crippen LogP contribution is 2.01. The van der Waals surface area contributed by atoms with Gasteiger partial charge >= 0.3 is 0 Å². The normalized spacial score (nSPS) is 9.12. The summed E-state index contributed by atoms with van der Waals surface area (Å²) in [5.41, 5.74) is 0. The number of hydrogen-bond donors (Lipinski definition) is 1. The van der Waals surface area contributed by atoms with Crippen molar-refractivity contribution in [1.82, 2.24) is 0 Å². The van der Waals surface area contributed by atoms with Crippen molar-refractivity contribution in [3.8, 4) is 0 Å². The zero-order chi connectivity index (χ0) is 5.98. The number of rotatable bonds is 1. The van der Waals surface area contributed by atoms with Gasteiger partial charge in [-0.2, -0.15) is 0 Å². The molecule has 1 N–H and O–H groups in total. The highest BCUT2D eigenvalue weighted by atomic mass is 16.3. The zero-order valence-electron chi connectivity index (χ0n) is 4.64. The fourth-order valence-electron chi connectivity index (χ4n) is 0.531. The molecule has 0 aliphatic rings. The van der Waals surface area contributed by atoms with Gasteiger partial charge in [0.1, 0.15) is 11.5 Å². The Hall–Kier alpha value is -1.05. The summed E-state index contributed by atoms with van der Waals surface area (Å²) in [6.07, 6.45) is 1.19. The quantitative estimate of drug-likeness (QED) is 0.546. The number of aryl methyl sites for hydroxylation is 1. The van der Waals surface area contributed by atoms with Crippen LogP contribution in [0.25, 0.3) is 0 Å². The van der Waals surface area contributed by atoms with E-state index in [0.717, 1.165) is 5.76 Å². The predicted molar refractivity (Wildman–Crippen MR) is 31.3 cm³/mol. The Morgan fingerprint density at radius 1 is 1.62 bits per heavy atom. The van der Waals surface area contributed by atoms with Crippen LogP contribution in [0, 0.1) is 12.3 Å². The van der Waals surface area contributed by atoms with E-state index < -0.39 is 0 Å². The van der Waals surface area contributed by atoms with E-state index in [0.29, 0.717) is 5.76 Å². The van der Waals surface area contributed by atoms with Crippen molar-refractivity contribution in [3.05, 3.63) is 23.7 Å². The van der Waals surface area contributed by atoms with Gasteiger partial charge in [-0.05, 0) is 19.1 Å². The average Bonchev–Trinajstić information content (AvgIpc) is 2.14. The SMILES string of the molecule is Cc1ccc(C=N)o1. The van der Waals surface area contributed by atoms with Crippen LogP contribution >= 0.6 is 0 Å². The third-order valence-electron chi connectivity index (χ3n) is 0.903. The molecular formula is C6H7NO. The Morgan fingerprint density at radius 3 is 2.62 bits per heavy atom. The molecule has 0 spiro atoms. The number of hydrogen-bond acceptors (Lipinski definition) is 2. The molecule has 2 nitrogen and oxygen atoms in total. The Kier molecular flexibility index (Phi) is 1.16. The van der Waals surface area contributed by atoms with Crippen LogP contribution in [0.1, 0.15) is 11.5 Å². The summed E-state index contributed by atoms with van der Waals surface area (Å²) in [7, 11) is 0. The molecule has 0 saturated carbocycles. The van der Waals surface area contributed by atoms with Crippen molar-refractivity contribution >= 4 is 6.21 Å². The zero-order valence-corrected chi connectivity index (χ0v) is 4.64. The monoisotopic (exact) mass is 109 g/mol. The lowest BCUT2D eigenvalue weighted by Gasteiger charge is -1.77. The first-order valence-electron chi connectivity index (χ1n) is 2.40. The molecule has 8 heavy (non-hydrogen) atoms. The fraction of sp³-hybridized carbons (Fsp3) is 0.167. The lowest BCUT2D eigenvalue weighted by Crippen LogP contribution is -1.66. The molecular weight excluding hydrogens is 102 g/mol. The molecule has 0 radical (unpaired) electrons. The minimum absolute atomic E-state index is 0.613. The molecule has 0 saturated heterocycles. The van der Waals surface area contributed by atoms with E-state index >= 15 is 0 Å². The molecule has 0 fully saturated rings. The largest absolute Gasteiger partial charge is 0.460 e. The molecule has 0 aromatic carbocycles. The van der Waals surface area contributed by atoms with Crippen LogP contribution in [-0.4, -0.2) is 6.21 Å². The lowest BCUT2D eigenvalue weighted by molar-refractivity contribution is 0.527. The minimum atomic E-state index is 0.613. The highest BCUT2D eigenvalue weighted by molar-refractivity contribution is 5.72. The van der Waals surface area contributed by atoms with E-state index in [1.165, 1.54) is 6.21 Å². The second-order valence-corrected chi connectivity index (χ2v) is 1.59. The van der Waals surface area contributed by atoms with E-state index in [1.807, 2.05) is 13.0 Å². The standard InChI is InChI=1S/C6H7NO/c1-5-2-3-6(4-7)8-5/h2-4,7H,1H3. The van der Waals surface area contributed by atoms with Crippen molar-refractivity contribution in [2.24, 2.45) is 0 Å². The maximum Gasteiger partial charge on any atom is 0.144 e. The van der Waals surface area contributed by atoms with Gasteiger partial charge in [0.15, 0.2) is 0 Å². The molecule has 1 rings (SSSR count). The van der Waals surface area contributed by atoms with Crippen molar-refractivity contribution < 1.29 is 4.42 Å². The molecule has 0 aliphatic carbocycles. The van der Waals surface area contributed by atoms with Crippen LogP contribution in [0.2, 0.25) is 0 Å². The average molecular weight is 109 g/mol. The lowest BCUT2D eigenvalue weighted by atomic mass is 10.4. The first-order chi connectivity index (χ1) is 3.83. The van der Waals surface area contributed by atoms with Crippen molar-refractivity contribution in [2.45, 2.75) is 6.92 Å². The third kappa shape index (κ3) is 0.780. The van der Waals surface area contributed by atoms with E-state index in [9.17, 15) is 0 Å². The molecule has 0 aliphatic heterocycles. The minimum Gasteiger partial charge on any atom is -0.460 e. The maximum absolute atomic E-state index is 6.74. The van der Waals surface area contributed by atoms with Crippen LogP contribution in [0.4, 0.5) is 0 Å². The molecule has 1 aromatic heterocycles. The van der Waals surface area contributed by atoms with E-state index in [2.05, 4.69) is 0 Å². The van der Waals surface area contributed by atoms with Crippen LogP contribution in [-0.2, 0) is 0 Å². The van der Waals surface area contributed by atoms with Gasteiger partial charge in [-0.15, -0.1) is 0 Å². The summed E-state index contributed by atoms with van der Waals surface area (Å²) in [5, 5.41) is 6.74. The second kappa shape index (κ2) is 1.82. The van der Waals surface area contributed by atoms with Crippen LogP contribution < -0.4 is 0 Å². The molecule has 0 bridgehead atoms. The Bertz CT molecular complexity index is 190. The van der Waals surface area contributed by atoms with Gasteiger partial charge in [0.05, 0.1) is 6.21 Å². The molecule has 0 unspecified atom stereocenters. The second-order valence-electron chi connectivity index (χ2n) is 1.59. The summed E-state index contributed by atoms with van der Waals surface area (Å²) >= 11 is 0. The molecule has 42 valence electrons. The fourth-order valence-corrected chi connectivity index (χ4v) is 0.531. The number of furan rings is 1. The van der Waals surface area contributed by atoms with Crippen LogP contribution in [0.15, 0.2) is 16.5 Å². The van der Waals surface area contributed by atoms with Gasteiger partial charge < -0.3 is 9.83 Å². The Morgan fingerprint density at radius 2 is 2.38 bits per heavy atom. The Balaban J connectivity index is 3.00. The highest BCUT2D eigenvalue weighted by Gasteiger charge is 1.89. The maximum atomic E-state index is 6.74. The van der Waals surface area contributed by atoms with Gasteiger partial charge in [-0.25, -0.2) is 0 Å². The summed E-state index contributed by atoms with van der Waals surface area (Å²) < 4.78 is 4.99. The van der Waals surface area contributed by atoms with Gasteiger partial charge in [0.2, 0.25) is 0 Å². The summed E-state index contributed by atoms with van der Waals surface area (Å²) in [4.78, 5) is 0. The Labute approximate surface area is 47.6 Å². The molecule has 1 aromatic rings. The summed E-state index contributed by atoms with van der Waals surface area (Å²) in [5.74, 6) is 1.46. The first-order valence-corrected chi connectivity index (χ1v) is 2.40. The van der Waals surface area contributed by atoms with Gasteiger partial charge in [-0.1, -0.05) is 0 Å². The third-order valence-corrected chi connectivity index (χ3v) is 0.903. The van der Waals surface area contributed by atoms with E-state index in [-0.39, 0.29) is 0 Å². The van der Waals surface area contributed by atoms with Gasteiger partial charge in [0.25, 0.3) is 0 Å². The predicted octanol–water partition coefficient (Wildman–Crippen LogP) is 1.59. The van der Waals surface area contributed by atoms with Gasteiger partial charge in [0, 0.05) is 0 Å². The molecule has 0 atom stereocenters. The van der Waals surface area contributed by atoms with Crippen molar-refractivity contribution in [2.75, 3.05) is 0 Å².